The van der Waals surface area contributed by atoms with Crippen LogP contribution in [-0.4, -0.2) is 24.1 Å². The lowest BCUT2D eigenvalue weighted by Gasteiger charge is -2.36. The van der Waals surface area contributed by atoms with Gasteiger partial charge in [0.1, 0.15) is 5.54 Å². The molecule has 0 aliphatic heterocycles. The van der Waals surface area contributed by atoms with Crippen LogP contribution in [-0.2, 0) is 5.54 Å². The van der Waals surface area contributed by atoms with Gasteiger partial charge in [0.2, 0.25) is 0 Å². The van der Waals surface area contributed by atoms with E-state index >= 15 is 0 Å². The van der Waals surface area contributed by atoms with Gasteiger partial charge < -0.3 is 9.13 Å². The summed E-state index contributed by atoms with van der Waals surface area (Å²) in [6.07, 6.45) is 10.7. The van der Waals surface area contributed by atoms with Gasteiger partial charge in [0.25, 0.3) is 0 Å². The van der Waals surface area contributed by atoms with Gasteiger partial charge >= 0.3 is 0 Å². The Labute approximate surface area is 336 Å². The second kappa shape index (κ2) is 14.0. The van der Waals surface area contributed by atoms with Crippen LogP contribution in [0.1, 0.15) is 35.1 Å². The molecule has 3 heterocycles. The molecular formula is C52H36N6. The van der Waals surface area contributed by atoms with Crippen molar-refractivity contribution >= 4 is 56.1 Å². The van der Waals surface area contributed by atoms with Gasteiger partial charge in [0.05, 0.1) is 45.1 Å². The van der Waals surface area contributed by atoms with E-state index in [1.165, 1.54) is 0 Å². The van der Waals surface area contributed by atoms with E-state index < -0.39 is 5.54 Å². The molecule has 1 unspecified atom stereocenters. The Kier molecular flexibility index (Phi) is 8.35. The number of allylic oxidation sites excluding steroid dienone is 5. The molecule has 6 aromatic carbocycles. The van der Waals surface area contributed by atoms with Gasteiger partial charge in [0, 0.05) is 32.8 Å². The van der Waals surface area contributed by atoms with Crippen molar-refractivity contribution in [3.05, 3.63) is 211 Å². The Balaban J connectivity index is 1.44. The lowest BCUT2D eigenvalue weighted by molar-refractivity contribution is 0.592. The number of nitrogens with zero attached hydrogens (tertiary/aromatic N) is 6. The summed E-state index contributed by atoms with van der Waals surface area (Å²) in [5, 5.41) is 13.4. The molecular weight excluding hydrogens is 709 g/mol. The smallest absolute Gasteiger partial charge is 0.165 e. The molecule has 0 amide bonds. The van der Waals surface area contributed by atoms with Gasteiger partial charge in [-0.1, -0.05) is 146 Å². The van der Waals surface area contributed by atoms with Gasteiger partial charge in [-0.15, -0.1) is 0 Å². The molecule has 6 heteroatoms. The van der Waals surface area contributed by atoms with E-state index in [0.29, 0.717) is 23.0 Å². The third-order valence-corrected chi connectivity index (χ3v) is 11.2. The molecule has 0 saturated heterocycles. The molecule has 0 N–H and O–H groups in total. The van der Waals surface area contributed by atoms with Gasteiger partial charge in [-0.25, -0.2) is 15.0 Å². The van der Waals surface area contributed by atoms with Crippen molar-refractivity contribution in [1.82, 2.24) is 24.1 Å². The minimum Gasteiger partial charge on any atom is -0.322 e. The molecule has 58 heavy (non-hydrogen) atoms. The Hall–Kier alpha value is -7.88. The number of para-hydroxylation sites is 3. The molecule has 3 aromatic heterocycles. The number of fused-ring (bicyclic) bond motifs is 4. The summed E-state index contributed by atoms with van der Waals surface area (Å²) in [6, 6.07) is 56.0. The molecule has 1 atom stereocenters. The first-order valence-electron chi connectivity index (χ1n) is 19.3. The van der Waals surface area contributed by atoms with Crippen LogP contribution < -0.4 is 0 Å². The van der Waals surface area contributed by atoms with Crippen molar-refractivity contribution in [2.45, 2.75) is 12.5 Å². The normalized spacial score (nSPS) is 15.2. The fourth-order valence-corrected chi connectivity index (χ4v) is 8.69. The summed E-state index contributed by atoms with van der Waals surface area (Å²) < 4.78 is 4.76. The van der Waals surface area contributed by atoms with Crippen molar-refractivity contribution in [2.75, 3.05) is 0 Å². The summed E-state index contributed by atoms with van der Waals surface area (Å²) in [6.45, 7) is 6.36. The third kappa shape index (κ3) is 5.29. The first-order valence-corrected chi connectivity index (χ1v) is 19.3. The summed E-state index contributed by atoms with van der Waals surface area (Å²) in [5.74, 6) is 1.66. The summed E-state index contributed by atoms with van der Waals surface area (Å²) in [5.41, 5.74) is 9.17. The molecule has 0 radical (unpaired) electrons. The largest absolute Gasteiger partial charge is 0.322 e. The zero-order valence-electron chi connectivity index (χ0n) is 31.8. The van der Waals surface area contributed by atoms with Crippen molar-refractivity contribution in [2.24, 2.45) is 0 Å². The fraction of sp³-hybridized carbons (Fsp3) is 0.0385. The first kappa shape index (κ1) is 34.6. The minimum atomic E-state index is -1.05. The van der Waals surface area contributed by atoms with Crippen LogP contribution in [0.5, 0.6) is 0 Å². The van der Waals surface area contributed by atoms with Crippen molar-refractivity contribution in [1.29, 1.82) is 5.26 Å². The van der Waals surface area contributed by atoms with E-state index in [-0.39, 0.29) is 0 Å². The SMILES string of the molecule is C=Cc1c(/C=C\C)n(C2(c3ccc(C#N)cc3)C=CC(n3c4ccccc4c4ccccc43)=C2c2nc(-c3ccccc3)nc(-c3ccccc3)n2)c2ccccc12. The molecule has 10 rings (SSSR count). The molecule has 0 fully saturated rings. The molecule has 0 saturated carbocycles. The number of benzene rings is 6. The highest BCUT2D eigenvalue weighted by Crippen LogP contribution is 2.53. The maximum Gasteiger partial charge on any atom is 0.165 e. The van der Waals surface area contributed by atoms with Crippen LogP contribution >= 0.6 is 0 Å². The topological polar surface area (TPSA) is 72.3 Å². The monoisotopic (exact) mass is 744 g/mol. The number of nitriles is 1. The van der Waals surface area contributed by atoms with Crippen molar-refractivity contribution in [3.63, 3.8) is 0 Å². The lowest BCUT2D eigenvalue weighted by Crippen LogP contribution is -2.35. The molecule has 274 valence electrons. The predicted octanol–water partition coefficient (Wildman–Crippen LogP) is 12.2. The number of aromatic nitrogens is 5. The maximum atomic E-state index is 10.0. The van der Waals surface area contributed by atoms with Gasteiger partial charge in [-0.3, -0.25) is 0 Å². The Morgan fingerprint density at radius 2 is 1.12 bits per heavy atom. The fourth-order valence-electron chi connectivity index (χ4n) is 8.69. The Bertz CT molecular complexity index is 3080. The van der Waals surface area contributed by atoms with E-state index in [9.17, 15) is 5.26 Å². The van der Waals surface area contributed by atoms with Gasteiger partial charge in [-0.05, 0) is 61.0 Å². The van der Waals surface area contributed by atoms with Crippen LogP contribution in [0, 0.1) is 11.3 Å². The van der Waals surface area contributed by atoms with Crippen LogP contribution in [0.4, 0.5) is 0 Å². The van der Waals surface area contributed by atoms with Crippen LogP contribution in [0.25, 0.3) is 78.9 Å². The predicted molar refractivity (Wildman–Crippen MR) is 237 cm³/mol. The highest BCUT2D eigenvalue weighted by molar-refractivity contribution is 6.13. The first-order chi connectivity index (χ1) is 28.6. The van der Waals surface area contributed by atoms with E-state index in [1.54, 1.807) is 0 Å². The zero-order chi connectivity index (χ0) is 39.2. The average molecular weight is 745 g/mol. The summed E-state index contributed by atoms with van der Waals surface area (Å²) >= 11 is 0. The van der Waals surface area contributed by atoms with Gasteiger partial charge in [-0.2, -0.15) is 5.26 Å². The molecule has 1 aliphatic carbocycles. The van der Waals surface area contributed by atoms with Crippen LogP contribution in [0.2, 0.25) is 0 Å². The molecule has 9 aromatic rings. The molecule has 6 nitrogen and oxygen atoms in total. The number of rotatable bonds is 8. The van der Waals surface area contributed by atoms with Gasteiger partial charge in [0.15, 0.2) is 17.5 Å². The molecule has 0 spiro atoms. The zero-order valence-corrected chi connectivity index (χ0v) is 31.8. The Morgan fingerprint density at radius 1 is 0.603 bits per heavy atom. The highest BCUT2D eigenvalue weighted by Gasteiger charge is 2.46. The van der Waals surface area contributed by atoms with E-state index in [4.69, 9.17) is 15.0 Å². The van der Waals surface area contributed by atoms with E-state index in [0.717, 1.165) is 71.9 Å². The second-order valence-corrected chi connectivity index (χ2v) is 14.3. The standard InChI is InChI=1S/C52H36N6/c1-3-17-45-39(4-2)40-22-13-16-27-46(40)58(45)52(38-30-28-35(34-53)29-31-38)33-32-47(57-43-25-14-11-23-41(43)42-24-12-15-26-44(42)57)48(52)51-55-49(36-18-7-5-8-19-36)54-50(56-51)37-20-9-6-10-21-37/h3-33H,2H2,1H3/b17-3-. The second-order valence-electron chi connectivity index (χ2n) is 14.3. The van der Waals surface area contributed by atoms with E-state index in [1.807, 2.05) is 85.8 Å². The molecule has 1 aliphatic rings. The van der Waals surface area contributed by atoms with Crippen molar-refractivity contribution in [3.8, 4) is 28.8 Å². The minimum absolute atomic E-state index is 0.531. The third-order valence-electron chi connectivity index (χ3n) is 11.2. The summed E-state index contributed by atoms with van der Waals surface area (Å²) in [7, 11) is 0. The average Bonchev–Trinajstić information content (AvgIpc) is 3.95. The van der Waals surface area contributed by atoms with Crippen LogP contribution in [0.3, 0.4) is 0 Å². The number of hydrogen-bond acceptors (Lipinski definition) is 4. The number of hydrogen-bond donors (Lipinski definition) is 0. The van der Waals surface area contributed by atoms with E-state index in [2.05, 4.69) is 131 Å². The summed E-state index contributed by atoms with van der Waals surface area (Å²) in [4.78, 5) is 16.0. The Morgan fingerprint density at radius 3 is 1.67 bits per heavy atom. The molecule has 0 bridgehead atoms. The quantitative estimate of drug-likeness (QED) is 0.155. The van der Waals surface area contributed by atoms with Crippen LogP contribution in [0.15, 0.2) is 183 Å². The highest BCUT2D eigenvalue weighted by atomic mass is 15.1. The van der Waals surface area contributed by atoms with Crippen molar-refractivity contribution < 1.29 is 0 Å². The lowest BCUT2D eigenvalue weighted by atomic mass is 9.82. The maximum absolute atomic E-state index is 10.0.